The Balaban J connectivity index is 2.70. The van der Waals surface area contributed by atoms with E-state index < -0.39 is 21.3 Å². The lowest BCUT2D eigenvalue weighted by molar-refractivity contribution is -0.127. The molecule has 1 heterocycles. The second kappa shape index (κ2) is 5.11. The topological polar surface area (TPSA) is 92.5 Å². The van der Waals surface area contributed by atoms with Gasteiger partial charge in [-0.25, -0.2) is 13.1 Å². The SMILES string of the molecule is CCC(CN)S(=O)(=O)NC1CCN(C)C1=O. The van der Waals surface area contributed by atoms with Crippen LogP contribution >= 0.6 is 0 Å². The van der Waals surface area contributed by atoms with Crippen LogP contribution in [0.4, 0.5) is 0 Å². The van der Waals surface area contributed by atoms with Gasteiger partial charge < -0.3 is 10.6 Å². The van der Waals surface area contributed by atoms with Gasteiger partial charge in [-0.05, 0) is 12.8 Å². The van der Waals surface area contributed by atoms with Crippen molar-refractivity contribution in [2.45, 2.75) is 31.1 Å². The highest BCUT2D eigenvalue weighted by Gasteiger charge is 2.34. The number of nitrogens with one attached hydrogen (secondary N) is 1. The third kappa shape index (κ3) is 2.72. The number of nitrogens with two attached hydrogens (primary N) is 1. The molecule has 94 valence electrons. The maximum absolute atomic E-state index is 11.8. The van der Waals surface area contributed by atoms with Crippen molar-refractivity contribution in [2.75, 3.05) is 20.1 Å². The molecule has 0 aromatic rings. The zero-order valence-corrected chi connectivity index (χ0v) is 10.5. The molecule has 1 amide bonds. The number of hydrogen-bond donors (Lipinski definition) is 2. The summed E-state index contributed by atoms with van der Waals surface area (Å²) in [4.78, 5) is 13.1. The van der Waals surface area contributed by atoms with Crippen molar-refractivity contribution in [1.29, 1.82) is 0 Å². The van der Waals surface area contributed by atoms with E-state index in [1.54, 1.807) is 14.0 Å². The zero-order chi connectivity index (χ0) is 12.3. The predicted molar refractivity (Wildman–Crippen MR) is 61.2 cm³/mol. The van der Waals surface area contributed by atoms with Crippen LogP contribution in [0.3, 0.4) is 0 Å². The quantitative estimate of drug-likeness (QED) is 0.645. The molecule has 2 atom stereocenters. The monoisotopic (exact) mass is 249 g/mol. The average molecular weight is 249 g/mol. The first kappa shape index (κ1) is 13.4. The first-order chi connectivity index (χ1) is 7.42. The Kier molecular flexibility index (Phi) is 4.28. The number of carbonyl (C=O) groups is 1. The van der Waals surface area contributed by atoms with Crippen LogP contribution in [0.1, 0.15) is 19.8 Å². The number of rotatable bonds is 5. The molecular formula is C9H19N3O3S. The molecule has 2 unspecified atom stereocenters. The normalized spacial score (nSPS) is 23.8. The number of nitrogens with zero attached hydrogens (tertiary/aromatic N) is 1. The Hall–Kier alpha value is -0.660. The Bertz CT molecular complexity index is 351. The van der Waals surface area contributed by atoms with E-state index in [0.29, 0.717) is 19.4 Å². The summed E-state index contributed by atoms with van der Waals surface area (Å²) in [6.07, 6.45) is 0.970. The Labute approximate surface area is 96.2 Å². The second-order valence-electron chi connectivity index (χ2n) is 4.03. The van der Waals surface area contributed by atoms with E-state index in [-0.39, 0.29) is 12.5 Å². The lowest BCUT2D eigenvalue weighted by atomic mass is 10.3. The molecule has 0 spiro atoms. The van der Waals surface area contributed by atoms with Crippen molar-refractivity contribution in [3.8, 4) is 0 Å². The molecule has 0 bridgehead atoms. The van der Waals surface area contributed by atoms with Crippen LogP contribution in [0.15, 0.2) is 0 Å². The predicted octanol–water partition coefficient (Wildman–Crippen LogP) is -1.13. The molecule has 0 saturated carbocycles. The molecule has 1 aliphatic rings. The molecule has 0 aromatic heterocycles. The van der Waals surface area contributed by atoms with Crippen LogP contribution in [0, 0.1) is 0 Å². The van der Waals surface area contributed by atoms with Gasteiger partial charge in [0, 0.05) is 20.1 Å². The minimum absolute atomic E-state index is 0.0720. The van der Waals surface area contributed by atoms with E-state index in [1.807, 2.05) is 0 Å². The van der Waals surface area contributed by atoms with E-state index in [0.717, 1.165) is 0 Å². The molecule has 1 saturated heterocycles. The fraction of sp³-hybridized carbons (Fsp3) is 0.889. The largest absolute Gasteiger partial charge is 0.344 e. The standard InChI is InChI=1S/C9H19N3O3S/c1-3-7(6-10)16(14,15)11-8-4-5-12(2)9(8)13/h7-8,11H,3-6,10H2,1-2H3. The number of hydrogen-bond acceptors (Lipinski definition) is 4. The Morgan fingerprint density at radius 2 is 2.25 bits per heavy atom. The van der Waals surface area contributed by atoms with Crippen molar-refractivity contribution < 1.29 is 13.2 Å². The number of likely N-dealkylation sites (tertiary alicyclic amines) is 1. The van der Waals surface area contributed by atoms with Crippen molar-refractivity contribution in [3.05, 3.63) is 0 Å². The van der Waals surface area contributed by atoms with Gasteiger partial charge in [-0.15, -0.1) is 0 Å². The molecule has 6 nitrogen and oxygen atoms in total. The molecule has 0 aromatic carbocycles. The van der Waals surface area contributed by atoms with Crippen molar-refractivity contribution in [2.24, 2.45) is 5.73 Å². The molecule has 1 aliphatic heterocycles. The lowest BCUT2D eigenvalue weighted by Crippen LogP contribution is -2.46. The third-order valence-corrected chi connectivity index (χ3v) is 4.91. The molecule has 0 aliphatic carbocycles. The van der Waals surface area contributed by atoms with Crippen LogP contribution in [0.5, 0.6) is 0 Å². The zero-order valence-electron chi connectivity index (χ0n) is 9.64. The maximum atomic E-state index is 11.8. The third-order valence-electron chi connectivity index (χ3n) is 2.89. The smallest absolute Gasteiger partial charge is 0.240 e. The second-order valence-corrected chi connectivity index (χ2v) is 6.02. The van der Waals surface area contributed by atoms with Gasteiger partial charge in [0.1, 0.15) is 6.04 Å². The molecular weight excluding hydrogens is 230 g/mol. The number of likely N-dealkylation sites (N-methyl/N-ethyl adjacent to an activating group) is 1. The number of sulfonamides is 1. The number of carbonyl (C=O) groups excluding carboxylic acids is 1. The Morgan fingerprint density at radius 1 is 1.62 bits per heavy atom. The van der Waals surface area contributed by atoms with Gasteiger partial charge in [0.2, 0.25) is 15.9 Å². The van der Waals surface area contributed by atoms with Crippen LogP contribution in [0.25, 0.3) is 0 Å². The summed E-state index contributed by atoms with van der Waals surface area (Å²) >= 11 is 0. The first-order valence-electron chi connectivity index (χ1n) is 5.38. The van der Waals surface area contributed by atoms with Gasteiger partial charge in [0.15, 0.2) is 0 Å². The van der Waals surface area contributed by atoms with Gasteiger partial charge in [0.25, 0.3) is 0 Å². The summed E-state index contributed by atoms with van der Waals surface area (Å²) in [5.74, 6) is -0.171. The summed E-state index contributed by atoms with van der Waals surface area (Å²) in [5.41, 5.74) is 5.39. The molecule has 0 radical (unpaired) electrons. The molecule has 3 N–H and O–H groups in total. The van der Waals surface area contributed by atoms with Gasteiger partial charge in [-0.1, -0.05) is 6.92 Å². The summed E-state index contributed by atoms with van der Waals surface area (Å²) in [5, 5.41) is -0.619. The van der Waals surface area contributed by atoms with E-state index in [2.05, 4.69) is 4.72 Å². The number of amides is 1. The van der Waals surface area contributed by atoms with E-state index in [4.69, 9.17) is 5.73 Å². The molecule has 16 heavy (non-hydrogen) atoms. The summed E-state index contributed by atoms with van der Waals surface area (Å²) in [6, 6.07) is -0.615. The fourth-order valence-electron chi connectivity index (χ4n) is 1.74. The minimum atomic E-state index is -3.48. The fourth-order valence-corrected chi connectivity index (χ4v) is 3.24. The van der Waals surface area contributed by atoms with Crippen molar-refractivity contribution >= 4 is 15.9 Å². The van der Waals surface area contributed by atoms with Gasteiger partial charge >= 0.3 is 0 Å². The summed E-state index contributed by atoms with van der Waals surface area (Å²) in [7, 11) is -1.82. The molecule has 1 rings (SSSR count). The summed E-state index contributed by atoms with van der Waals surface area (Å²) in [6.45, 7) is 2.42. The highest BCUT2D eigenvalue weighted by molar-refractivity contribution is 7.90. The Morgan fingerprint density at radius 3 is 2.62 bits per heavy atom. The van der Waals surface area contributed by atoms with Crippen molar-refractivity contribution in [1.82, 2.24) is 9.62 Å². The minimum Gasteiger partial charge on any atom is -0.344 e. The van der Waals surface area contributed by atoms with Crippen LogP contribution in [0.2, 0.25) is 0 Å². The van der Waals surface area contributed by atoms with Gasteiger partial charge in [0.05, 0.1) is 5.25 Å². The molecule has 1 fully saturated rings. The van der Waals surface area contributed by atoms with Crippen LogP contribution in [-0.4, -0.2) is 50.7 Å². The summed E-state index contributed by atoms with van der Waals surface area (Å²) < 4.78 is 26.1. The van der Waals surface area contributed by atoms with Crippen LogP contribution in [-0.2, 0) is 14.8 Å². The van der Waals surface area contributed by atoms with E-state index in [9.17, 15) is 13.2 Å². The van der Waals surface area contributed by atoms with Crippen molar-refractivity contribution in [3.63, 3.8) is 0 Å². The first-order valence-corrected chi connectivity index (χ1v) is 6.93. The lowest BCUT2D eigenvalue weighted by Gasteiger charge is -2.17. The highest BCUT2D eigenvalue weighted by atomic mass is 32.2. The van der Waals surface area contributed by atoms with Gasteiger partial charge in [-0.3, -0.25) is 4.79 Å². The van der Waals surface area contributed by atoms with E-state index >= 15 is 0 Å². The van der Waals surface area contributed by atoms with Crippen LogP contribution < -0.4 is 10.5 Å². The molecule has 7 heteroatoms. The van der Waals surface area contributed by atoms with E-state index in [1.165, 1.54) is 4.90 Å². The maximum Gasteiger partial charge on any atom is 0.240 e. The highest BCUT2D eigenvalue weighted by Crippen LogP contribution is 2.12. The average Bonchev–Trinajstić information content (AvgIpc) is 2.50. The van der Waals surface area contributed by atoms with Gasteiger partial charge in [-0.2, -0.15) is 0 Å².